The van der Waals surface area contributed by atoms with Crippen LogP contribution < -0.4 is 5.32 Å². The number of anilines is 1. The van der Waals surface area contributed by atoms with Crippen LogP contribution in [0, 0.1) is 5.82 Å². The van der Waals surface area contributed by atoms with Crippen LogP contribution in [0.25, 0.3) is 11.2 Å². The maximum atomic E-state index is 13.2. The first-order chi connectivity index (χ1) is 16.6. The van der Waals surface area contributed by atoms with Gasteiger partial charge in [0.1, 0.15) is 18.4 Å². The van der Waals surface area contributed by atoms with Crippen LogP contribution in [0.2, 0.25) is 5.02 Å². The zero-order valence-corrected chi connectivity index (χ0v) is 19.1. The van der Waals surface area contributed by atoms with E-state index in [0.717, 1.165) is 11.1 Å². The molecule has 3 heterocycles. The number of hydrogen-bond donors (Lipinski definition) is 2. The normalized spacial score (nSPS) is 18.9. The van der Waals surface area contributed by atoms with Gasteiger partial charge in [0, 0.05) is 31.2 Å². The Balaban J connectivity index is 1.35. The fraction of sp³-hybridized carbons (Fsp3) is 0.292. The summed E-state index contributed by atoms with van der Waals surface area (Å²) < 4.78 is 21.2. The van der Waals surface area contributed by atoms with Gasteiger partial charge in [-0.15, -0.1) is 0 Å². The Hall–Kier alpha value is -3.11. The van der Waals surface area contributed by atoms with E-state index in [1.54, 1.807) is 18.5 Å². The standard InChI is InChI=1S/C24H24ClFN6O2/c25-18-5-1-17(2-6-18)10-31-11-20(13-33)34-21(12-31)32-15-30-22-23(28-14-29-24(22)32)27-9-16-3-7-19(26)8-4-16/h1-8,14-15,20-21,33H,9-13H2,(H,27,28,29)/t20-,21+/m0/s1. The Morgan fingerprint density at radius 3 is 2.56 bits per heavy atom. The van der Waals surface area contributed by atoms with E-state index in [1.165, 1.54) is 18.5 Å². The first-order valence-electron chi connectivity index (χ1n) is 11.0. The number of hydrogen-bond acceptors (Lipinski definition) is 7. The molecule has 0 aliphatic carbocycles. The molecule has 2 aromatic carbocycles. The Labute approximate surface area is 201 Å². The van der Waals surface area contributed by atoms with Gasteiger partial charge in [0.15, 0.2) is 17.0 Å². The highest BCUT2D eigenvalue weighted by atomic mass is 35.5. The van der Waals surface area contributed by atoms with Gasteiger partial charge < -0.3 is 15.2 Å². The van der Waals surface area contributed by atoms with Crippen LogP contribution in [0.5, 0.6) is 0 Å². The minimum atomic E-state index is -0.372. The van der Waals surface area contributed by atoms with Crippen molar-refractivity contribution < 1.29 is 14.2 Å². The van der Waals surface area contributed by atoms with Crippen LogP contribution in [-0.2, 0) is 17.8 Å². The quantitative estimate of drug-likeness (QED) is 0.416. The maximum Gasteiger partial charge on any atom is 0.167 e. The predicted octanol–water partition coefficient (Wildman–Crippen LogP) is 3.62. The summed E-state index contributed by atoms with van der Waals surface area (Å²) in [5, 5.41) is 13.8. The van der Waals surface area contributed by atoms with Crippen molar-refractivity contribution in [3.05, 3.63) is 83.2 Å². The largest absolute Gasteiger partial charge is 0.394 e. The number of halogens is 2. The van der Waals surface area contributed by atoms with Crippen molar-refractivity contribution in [2.45, 2.75) is 25.4 Å². The Kier molecular flexibility index (Phi) is 6.68. The van der Waals surface area contributed by atoms with Gasteiger partial charge in [0.05, 0.1) is 19.0 Å². The second kappa shape index (κ2) is 10.0. The van der Waals surface area contributed by atoms with Gasteiger partial charge in [-0.2, -0.15) is 0 Å². The molecule has 2 atom stereocenters. The summed E-state index contributed by atoms with van der Waals surface area (Å²) in [4.78, 5) is 15.5. The van der Waals surface area contributed by atoms with Crippen molar-refractivity contribution in [1.82, 2.24) is 24.4 Å². The first-order valence-corrected chi connectivity index (χ1v) is 11.4. The highest BCUT2D eigenvalue weighted by Gasteiger charge is 2.30. The molecule has 1 aliphatic rings. The van der Waals surface area contributed by atoms with E-state index >= 15 is 0 Å². The van der Waals surface area contributed by atoms with E-state index in [1.807, 2.05) is 28.8 Å². The molecule has 1 aliphatic heterocycles. The minimum absolute atomic E-state index is 0.0836. The molecule has 8 nitrogen and oxygen atoms in total. The van der Waals surface area contributed by atoms with Crippen LogP contribution >= 0.6 is 11.6 Å². The Morgan fingerprint density at radius 2 is 1.79 bits per heavy atom. The third-order valence-electron chi connectivity index (χ3n) is 5.79. The molecule has 2 N–H and O–H groups in total. The number of fused-ring (bicyclic) bond motifs is 1. The number of morpholine rings is 1. The number of aliphatic hydroxyl groups is 1. The highest BCUT2D eigenvalue weighted by molar-refractivity contribution is 6.30. The highest BCUT2D eigenvalue weighted by Crippen LogP contribution is 2.27. The Morgan fingerprint density at radius 1 is 1.03 bits per heavy atom. The molecule has 0 spiro atoms. The number of benzene rings is 2. The van der Waals surface area contributed by atoms with Crippen LogP contribution in [0.3, 0.4) is 0 Å². The molecule has 34 heavy (non-hydrogen) atoms. The lowest BCUT2D eigenvalue weighted by Crippen LogP contribution is -2.46. The average Bonchev–Trinajstić information content (AvgIpc) is 3.30. The molecule has 10 heteroatoms. The summed E-state index contributed by atoms with van der Waals surface area (Å²) >= 11 is 6.01. The van der Waals surface area contributed by atoms with Crippen molar-refractivity contribution in [2.75, 3.05) is 25.0 Å². The lowest BCUT2D eigenvalue weighted by molar-refractivity contribution is -0.135. The molecule has 1 fully saturated rings. The van der Waals surface area contributed by atoms with Crippen molar-refractivity contribution in [1.29, 1.82) is 0 Å². The number of rotatable bonds is 7. The molecule has 176 valence electrons. The minimum Gasteiger partial charge on any atom is -0.394 e. The van der Waals surface area contributed by atoms with Gasteiger partial charge in [-0.1, -0.05) is 35.9 Å². The van der Waals surface area contributed by atoms with E-state index < -0.39 is 0 Å². The Bertz CT molecular complexity index is 1250. The van der Waals surface area contributed by atoms with Crippen molar-refractivity contribution in [3.63, 3.8) is 0 Å². The topological polar surface area (TPSA) is 88.3 Å². The number of nitrogens with zero attached hydrogens (tertiary/aromatic N) is 5. The zero-order chi connectivity index (χ0) is 23.5. The third-order valence-corrected chi connectivity index (χ3v) is 6.04. The van der Waals surface area contributed by atoms with Gasteiger partial charge in [-0.3, -0.25) is 9.47 Å². The van der Waals surface area contributed by atoms with Crippen LogP contribution in [0.15, 0.2) is 61.2 Å². The predicted molar refractivity (Wildman–Crippen MR) is 127 cm³/mol. The van der Waals surface area contributed by atoms with E-state index in [0.29, 0.717) is 48.2 Å². The van der Waals surface area contributed by atoms with Crippen molar-refractivity contribution >= 4 is 28.6 Å². The summed E-state index contributed by atoms with van der Waals surface area (Å²) in [6, 6.07) is 14.0. The lowest BCUT2D eigenvalue weighted by atomic mass is 10.2. The molecular weight excluding hydrogens is 459 g/mol. The second-order valence-corrected chi connectivity index (χ2v) is 8.68. The van der Waals surface area contributed by atoms with Gasteiger partial charge in [0.2, 0.25) is 0 Å². The van der Waals surface area contributed by atoms with Gasteiger partial charge in [0.25, 0.3) is 0 Å². The number of imidazole rings is 1. The number of nitrogens with one attached hydrogen (secondary N) is 1. The molecule has 0 saturated carbocycles. The third kappa shape index (κ3) is 5.02. The average molecular weight is 483 g/mol. The first kappa shape index (κ1) is 22.7. The van der Waals surface area contributed by atoms with E-state index in [2.05, 4.69) is 25.2 Å². The molecule has 0 unspecified atom stereocenters. The molecular formula is C24H24ClFN6O2. The molecule has 0 amide bonds. The van der Waals surface area contributed by atoms with Crippen molar-refractivity contribution in [2.24, 2.45) is 0 Å². The van der Waals surface area contributed by atoms with Gasteiger partial charge in [-0.25, -0.2) is 19.3 Å². The van der Waals surface area contributed by atoms with Gasteiger partial charge >= 0.3 is 0 Å². The lowest BCUT2D eigenvalue weighted by Gasteiger charge is -2.37. The number of aromatic nitrogens is 4. The van der Waals surface area contributed by atoms with Crippen molar-refractivity contribution in [3.8, 4) is 0 Å². The summed E-state index contributed by atoms with van der Waals surface area (Å²) in [5.41, 5.74) is 3.30. The molecule has 1 saturated heterocycles. The van der Waals surface area contributed by atoms with E-state index in [4.69, 9.17) is 16.3 Å². The van der Waals surface area contributed by atoms with Gasteiger partial charge in [-0.05, 0) is 35.4 Å². The summed E-state index contributed by atoms with van der Waals surface area (Å²) in [7, 11) is 0. The SMILES string of the molecule is OC[C@@H]1CN(Cc2ccc(Cl)cc2)C[C@H](n2cnc3c(NCc4ccc(F)cc4)ncnc32)O1. The van der Waals surface area contributed by atoms with E-state index in [9.17, 15) is 9.50 Å². The molecule has 2 aromatic heterocycles. The number of aliphatic hydroxyl groups excluding tert-OH is 1. The van der Waals surface area contributed by atoms with E-state index in [-0.39, 0.29) is 24.8 Å². The zero-order valence-electron chi connectivity index (χ0n) is 18.3. The van der Waals surface area contributed by atoms with Crippen LogP contribution in [0.4, 0.5) is 10.2 Å². The summed E-state index contributed by atoms with van der Waals surface area (Å²) in [6.07, 6.45) is 2.46. The fourth-order valence-corrected chi connectivity index (χ4v) is 4.23. The smallest absolute Gasteiger partial charge is 0.167 e. The molecule has 0 bridgehead atoms. The van der Waals surface area contributed by atoms with Crippen LogP contribution in [0.1, 0.15) is 17.4 Å². The summed E-state index contributed by atoms with van der Waals surface area (Å²) in [6.45, 7) is 2.31. The number of ether oxygens (including phenoxy) is 1. The molecule has 5 rings (SSSR count). The monoisotopic (exact) mass is 482 g/mol. The van der Waals surface area contributed by atoms with Crippen LogP contribution in [-0.4, -0.2) is 55.3 Å². The summed E-state index contributed by atoms with van der Waals surface area (Å²) in [5.74, 6) is 0.311. The fourth-order valence-electron chi connectivity index (χ4n) is 4.10. The molecule has 4 aromatic rings. The maximum absolute atomic E-state index is 13.2. The second-order valence-electron chi connectivity index (χ2n) is 8.24. The molecule has 0 radical (unpaired) electrons.